The second-order valence-corrected chi connectivity index (χ2v) is 6.31. The van der Waals surface area contributed by atoms with Gasteiger partial charge in [0.15, 0.2) is 5.82 Å². The Balaban J connectivity index is 2.01. The van der Waals surface area contributed by atoms with E-state index in [1.807, 2.05) is 13.8 Å². The van der Waals surface area contributed by atoms with E-state index in [0.717, 1.165) is 28.1 Å². The van der Waals surface area contributed by atoms with Crippen molar-refractivity contribution in [3.05, 3.63) is 26.6 Å². The molecule has 18 heavy (non-hydrogen) atoms. The number of nitrogens with zero attached hydrogens (tertiary/aromatic N) is 1. The van der Waals surface area contributed by atoms with E-state index in [4.69, 9.17) is 0 Å². The number of fused-ring (bicyclic) bond motifs is 1. The molecule has 3 heterocycles. The lowest BCUT2D eigenvalue weighted by atomic mass is 10.2. The number of likely N-dealkylation sites (tertiary alicyclic amines) is 1. The second-order valence-electron chi connectivity index (χ2n) is 5.11. The molecule has 0 atom stereocenters. The van der Waals surface area contributed by atoms with Gasteiger partial charge < -0.3 is 9.88 Å². The number of nitrogens with one attached hydrogen (secondary N) is 2. The second kappa shape index (κ2) is 4.48. The van der Waals surface area contributed by atoms with Crippen molar-refractivity contribution in [1.29, 1.82) is 0 Å². The van der Waals surface area contributed by atoms with Crippen LogP contribution in [0.3, 0.4) is 0 Å². The van der Waals surface area contributed by atoms with Crippen LogP contribution < -0.4 is 10.5 Å². The highest BCUT2D eigenvalue weighted by Crippen LogP contribution is 2.25. The van der Waals surface area contributed by atoms with Crippen LogP contribution in [0.15, 0.2) is 4.79 Å². The maximum atomic E-state index is 12.1. The third-order valence-electron chi connectivity index (χ3n) is 3.82. The van der Waals surface area contributed by atoms with Crippen molar-refractivity contribution in [2.75, 3.05) is 13.1 Å². The number of aromatic nitrogens is 2. The molecule has 1 saturated heterocycles. The zero-order chi connectivity index (χ0) is 12.7. The predicted octanol–water partition coefficient (Wildman–Crippen LogP) is 0.780. The van der Waals surface area contributed by atoms with E-state index in [1.165, 1.54) is 35.7 Å². The Morgan fingerprint density at radius 3 is 2.78 bits per heavy atom. The predicted molar refractivity (Wildman–Crippen MR) is 73.3 cm³/mol. The highest BCUT2D eigenvalue weighted by atomic mass is 32.1. The van der Waals surface area contributed by atoms with Gasteiger partial charge in [0.2, 0.25) is 0 Å². The number of hydrogen-bond acceptors (Lipinski definition) is 3. The van der Waals surface area contributed by atoms with Crippen molar-refractivity contribution < 1.29 is 4.90 Å². The summed E-state index contributed by atoms with van der Waals surface area (Å²) >= 11 is 1.62. The minimum Gasteiger partial charge on any atom is -0.329 e. The highest BCUT2D eigenvalue weighted by Gasteiger charge is 2.18. The molecule has 3 rings (SSSR count). The zero-order valence-corrected chi connectivity index (χ0v) is 11.6. The van der Waals surface area contributed by atoms with Crippen LogP contribution in [-0.4, -0.2) is 23.1 Å². The third-order valence-corrected chi connectivity index (χ3v) is 4.92. The summed E-state index contributed by atoms with van der Waals surface area (Å²) in [5.74, 6) is 0.839. The molecule has 1 aliphatic rings. The molecular weight excluding hydrogens is 246 g/mol. The van der Waals surface area contributed by atoms with Gasteiger partial charge in [-0.25, -0.2) is 4.98 Å². The minimum atomic E-state index is 0.0236. The molecule has 5 heteroatoms. The van der Waals surface area contributed by atoms with Crippen LogP contribution in [0.4, 0.5) is 0 Å². The van der Waals surface area contributed by atoms with Crippen molar-refractivity contribution >= 4 is 21.6 Å². The van der Waals surface area contributed by atoms with E-state index in [0.29, 0.717) is 0 Å². The molecule has 1 aliphatic heterocycles. The fourth-order valence-corrected chi connectivity index (χ4v) is 3.72. The topological polar surface area (TPSA) is 50.2 Å². The molecular formula is C13H18N3OS+. The Kier molecular flexibility index (Phi) is 2.95. The molecule has 0 aromatic carbocycles. The molecule has 0 amide bonds. The maximum Gasteiger partial charge on any atom is 0.260 e. The van der Waals surface area contributed by atoms with Crippen molar-refractivity contribution in [3.8, 4) is 0 Å². The van der Waals surface area contributed by atoms with Crippen molar-refractivity contribution in [3.63, 3.8) is 0 Å². The van der Waals surface area contributed by atoms with E-state index in [-0.39, 0.29) is 5.56 Å². The van der Waals surface area contributed by atoms with Gasteiger partial charge in [0, 0.05) is 17.7 Å². The van der Waals surface area contributed by atoms with Crippen LogP contribution in [0.2, 0.25) is 0 Å². The van der Waals surface area contributed by atoms with Gasteiger partial charge in [0.05, 0.1) is 18.5 Å². The van der Waals surface area contributed by atoms with E-state index in [9.17, 15) is 4.79 Å². The first kappa shape index (κ1) is 11.9. The Morgan fingerprint density at radius 2 is 2.06 bits per heavy atom. The molecule has 0 spiro atoms. The molecule has 0 radical (unpaired) electrons. The fraction of sp³-hybridized carbons (Fsp3) is 0.538. The highest BCUT2D eigenvalue weighted by molar-refractivity contribution is 7.18. The zero-order valence-electron chi connectivity index (χ0n) is 10.8. The largest absolute Gasteiger partial charge is 0.329 e. The summed E-state index contributed by atoms with van der Waals surface area (Å²) < 4.78 is 0. The van der Waals surface area contributed by atoms with E-state index < -0.39 is 0 Å². The van der Waals surface area contributed by atoms with Crippen LogP contribution in [0.1, 0.15) is 29.1 Å². The molecule has 1 fully saturated rings. The Morgan fingerprint density at radius 1 is 1.33 bits per heavy atom. The summed E-state index contributed by atoms with van der Waals surface area (Å²) in [6, 6.07) is 0. The number of hydrogen-bond donors (Lipinski definition) is 2. The van der Waals surface area contributed by atoms with Crippen molar-refractivity contribution in [1.82, 2.24) is 9.97 Å². The van der Waals surface area contributed by atoms with Gasteiger partial charge in [-0.2, -0.15) is 0 Å². The summed E-state index contributed by atoms with van der Waals surface area (Å²) in [4.78, 5) is 23.3. The van der Waals surface area contributed by atoms with Crippen LogP contribution in [-0.2, 0) is 6.54 Å². The molecule has 0 aliphatic carbocycles. The quantitative estimate of drug-likeness (QED) is 0.842. The number of rotatable bonds is 2. The first-order chi connectivity index (χ1) is 8.65. The van der Waals surface area contributed by atoms with E-state index in [1.54, 1.807) is 11.3 Å². The lowest BCUT2D eigenvalue weighted by Gasteiger charge is -2.10. The van der Waals surface area contributed by atoms with Crippen LogP contribution in [0.25, 0.3) is 10.2 Å². The Hall–Kier alpha value is -1.20. The molecule has 4 nitrogen and oxygen atoms in total. The standard InChI is InChI=1S/C13H17N3OS/c1-8-9(2)18-13-11(8)12(17)14-10(15-13)7-16-5-3-4-6-16/h3-7H2,1-2H3,(H,14,15,17)/p+1. The van der Waals surface area contributed by atoms with Crippen LogP contribution in [0, 0.1) is 13.8 Å². The van der Waals surface area contributed by atoms with Crippen LogP contribution >= 0.6 is 11.3 Å². The maximum absolute atomic E-state index is 12.1. The summed E-state index contributed by atoms with van der Waals surface area (Å²) in [6.45, 7) is 7.29. The van der Waals surface area contributed by atoms with Gasteiger partial charge >= 0.3 is 0 Å². The smallest absolute Gasteiger partial charge is 0.260 e. The molecule has 0 saturated carbocycles. The van der Waals surface area contributed by atoms with Crippen molar-refractivity contribution in [2.24, 2.45) is 0 Å². The number of thiophene rings is 1. The van der Waals surface area contributed by atoms with Gasteiger partial charge in [-0.05, 0) is 19.4 Å². The lowest BCUT2D eigenvalue weighted by molar-refractivity contribution is -0.902. The van der Waals surface area contributed by atoms with Gasteiger partial charge in [-0.1, -0.05) is 0 Å². The Bertz CT molecular complexity index is 637. The number of aryl methyl sites for hydroxylation is 2. The number of aromatic amines is 1. The fourth-order valence-electron chi connectivity index (χ4n) is 2.67. The van der Waals surface area contributed by atoms with E-state index in [2.05, 4.69) is 9.97 Å². The number of H-pyrrole nitrogens is 1. The van der Waals surface area contributed by atoms with Crippen molar-refractivity contribution in [2.45, 2.75) is 33.2 Å². The third kappa shape index (κ3) is 1.97. The summed E-state index contributed by atoms with van der Waals surface area (Å²) in [5, 5.41) is 0.776. The molecule has 0 bridgehead atoms. The van der Waals surface area contributed by atoms with E-state index >= 15 is 0 Å². The van der Waals surface area contributed by atoms with Gasteiger partial charge in [0.25, 0.3) is 5.56 Å². The normalized spacial score (nSPS) is 16.8. The minimum absolute atomic E-state index is 0.0236. The first-order valence-corrected chi connectivity index (χ1v) is 7.29. The summed E-state index contributed by atoms with van der Waals surface area (Å²) in [5.41, 5.74) is 1.10. The average Bonchev–Trinajstić information content (AvgIpc) is 2.89. The molecule has 2 N–H and O–H groups in total. The van der Waals surface area contributed by atoms with Crippen LogP contribution in [0.5, 0.6) is 0 Å². The van der Waals surface area contributed by atoms with Gasteiger partial charge in [0.1, 0.15) is 11.4 Å². The van der Waals surface area contributed by atoms with Gasteiger partial charge in [-0.15, -0.1) is 11.3 Å². The Labute approximate surface area is 110 Å². The van der Waals surface area contributed by atoms with Gasteiger partial charge in [-0.3, -0.25) is 4.79 Å². The molecule has 2 aromatic rings. The molecule has 0 unspecified atom stereocenters. The summed E-state index contributed by atoms with van der Waals surface area (Å²) in [6.07, 6.45) is 2.58. The molecule has 96 valence electrons. The lowest BCUT2D eigenvalue weighted by Crippen LogP contribution is -3.08. The number of quaternary nitrogens is 1. The SMILES string of the molecule is Cc1sc2nc(C[NH+]3CCCC3)[nH]c(=O)c2c1C. The summed E-state index contributed by atoms with van der Waals surface area (Å²) in [7, 11) is 0. The first-order valence-electron chi connectivity index (χ1n) is 6.47. The molecule has 2 aromatic heterocycles. The average molecular weight is 264 g/mol. The monoisotopic (exact) mass is 264 g/mol.